The van der Waals surface area contributed by atoms with Gasteiger partial charge in [0.05, 0.1) is 35.3 Å². The van der Waals surface area contributed by atoms with Crippen molar-refractivity contribution in [3.63, 3.8) is 0 Å². The summed E-state index contributed by atoms with van der Waals surface area (Å²) >= 11 is 6.29. The Labute approximate surface area is 195 Å². The van der Waals surface area contributed by atoms with Gasteiger partial charge in [0, 0.05) is 12.6 Å². The molecule has 0 saturated carbocycles. The van der Waals surface area contributed by atoms with Crippen molar-refractivity contribution in [2.24, 2.45) is 5.92 Å². The van der Waals surface area contributed by atoms with E-state index in [1.54, 1.807) is 6.92 Å². The molecule has 1 saturated heterocycles. The van der Waals surface area contributed by atoms with Gasteiger partial charge in [-0.1, -0.05) is 32.4 Å². The summed E-state index contributed by atoms with van der Waals surface area (Å²) in [6, 6.07) is 2.49. The molecule has 10 heteroatoms. The average molecular weight is 490 g/mol. The minimum atomic E-state index is -3.15. The topological polar surface area (TPSA) is 99.2 Å². The predicted octanol–water partition coefficient (Wildman–Crippen LogP) is 3.36. The van der Waals surface area contributed by atoms with Gasteiger partial charge in [-0.15, -0.1) is 0 Å². The lowest BCUT2D eigenvalue weighted by molar-refractivity contribution is -0.137. The number of nitrogens with zero attached hydrogens (tertiary/aromatic N) is 1. The van der Waals surface area contributed by atoms with Crippen molar-refractivity contribution in [3.8, 4) is 11.5 Å². The molecule has 1 aliphatic rings. The zero-order valence-electron chi connectivity index (χ0n) is 19.1. The van der Waals surface area contributed by atoms with Crippen molar-refractivity contribution in [1.29, 1.82) is 0 Å². The molecule has 1 heterocycles. The molecule has 1 aromatic rings. The van der Waals surface area contributed by atoms with Crippen LogP contribution < -0.4 is 9.47 Å². The van der Waals surface area contributed by atoms with Crippen LogP contribution in [0.25, 0.3) is 0 Å². The monoisotopic (exact) mass is 489 g/mol. The van der Waals surface area contributed by atoms with E-state index < -0.39 is 34.4 Å². The number of benzene rings is 1. The largest absolute Gasteiger partial charge is 0.490 e. The van der Waals surface area contributed by atoms with Gasteiger partial charge in [0.25, 0.3) is 5.91 Å². The van der Waals surface area contributed by atoms with Gasteiger partial charge in [-0.25, -0.2) is 13.2 Å². The van der Waals surface area contributed by atoms with Crippen LogP contribution in [-0.4, -0.2) is 69.1 Å². The van der Waals surface area contributed by atoms with Crippen LogP contribution in [0.5, 0.6) is 11.5 Å². The van der Waals surface area contributed by atoms with Crippen molar-refractivity contribution in [2.45, 2.75) is 46.6 Å². The van der Waals surface area contributed by atoms with Crippen LogP contribution in [0.4, 0.5) is 0 Å². The van der Waals surface area contributed by atoms with Crippen LogP contribution in [-0.2, 0) is 19.4 Å². The Morgan fingerprint density at radius 1 is 1.22 bits per heavy atom. The first-order valence-electron chi connectivity index (χ1n) is 10.8. The second kappa shape index (κ2) is 11.7. The molecule has 8 nitrogen and oxygen atoms in total. The van der Waals surface area contributed by atoms with E-state index in [4.69, 9.17) is 25.8 Å². The number of esters is 1. The summed E-state index contributed by atoms with van der Waals surface area (Å²) in [5, 5.41) is 0.209. The molecule has 1 fully saturated rings. The minimum absolute atomic E-state index is 0.0600. The van der Waals surface area contributed by atoms with Crippen LogP contribution in [0.3, 0.4) is 0 Å². The maximum atomic E-state index is 12.8. The lowest BCUT2D eigenvalue weighted by atomic mass is 10.1. The van der Waals surface area contributed by atoms with E-state index in [-0.39, 0.29) is 28.0 Å². The number of carbonyl (C=O) groups excluding carboxylic acids is 2. The number of sulfone groups is 1. The van der Waals surface area contributed by atoms with Gasteiger partial charge in [-0.2, -0.15) is 0 Å². The molecule has 180 valence electrons. The molecular formula is C22H32ClNO7S. The molecule has 0 radical (unpaired) electrons. The van der Waals surface area contributed by atoms with E-state index in [1.807, 2.05) is 20.8 Å². The number of amides is 1. The number of rotatable bonds is 11. The first kappa shape index (κ1) is 26.3. The van der Waals surface area contributed by atoms with Gasteiger partial charge in [0.2, 0.25) is 0 Å². The highest BCUT2D eigenvalue weighted by atomic mass is 35.5. The summed E-state index contributed by atoms with van der Waals surface area (Å²) in [6.07, 6.45) is 1.17. The molecule has 0 aliphatic carbocycles. The summed E-state index contributed by atoms with van der Waals surface area (Å²) in [4.78, 5) is 26.9. The van der Waals surface area contributed by atoms with Gasteiger partial charge in [0.1, 0.15) is 0 Å². The molecule has 0 spiro atoms. The summed E-state index contributed by atoms with van der Waals surface area (Å²) in [5.74, 6) is -0.338. The van der Waals surface area contributed by atoms with Gasteiger partial charge in [-0.05, 0) is 37.8 Å². The molecule has 1 unspecified atom stereocenters. The van der Waals surface area contributed by atoms with Crippen molar-refractivity contribution in [2.75, 3.05) is 37.9 Å². The fourth-order valence-corrected chi connectivity index (χ4v) is 5.45. The van der Waals surface area contributed by atoms with Gasteiger partial charge in [-0.3, -0.25) is 4.79 Å². The Kier molecular flexibility index (Phi) is 9.64. The third-order valence-corrected chi connectivity index (χ3v) is 6.88. The van der Waals surface area contributed by atoms with Gasteiger partial charge >= 0.3 is 5.97 Å². The third kappa shape index (κ3) is 7.27. The van der Waals surface area contributed by atoms with E-state index in [1.165, 1.54) is 17.0 Å². The van der Waals surface area contributed by atoms with Crippen molar-refractivity contribution in [1.82, 2.24) is 4.90 Å². The van der Waals surface area contributed by atoms with Crippen LogP contribution >= 0.6 is 11.6 Å². The standard InChI is InChI=1S/C22H32ClNO7S/c1-5-8-30-21-18(23)10-16(11-19(21)29-6-2)22(26)31-13-20(25)24(12-15(3)4)17-7-9-32(27,28)14-17/h10-11,15,17H,5-9,12-14H2,1-4H3. The molecule has 1 amide bonds. The molecule has 1 aliphatic heterocycles. The van der Waals surface area contributed by atoms with Crippen LogP contribution in [0.2, 0.25) is 5.02 Å². The summed E-state index contributed by atoms with van der Waals surface area (Å²) < 4.78 is 40.1. The molecule has 0 N–H and O–H groups in total. The third-order valence-electron chi connectivity index (χ3n) is 4.85. The second-order valence-corrected chi connectivity index (χ2v) is 10.8. The van der Waals surface area contributed by atoms with Crippen molar-refractivity contribution in [3.05, 3.63) is 22.7 Å². The quantitative estimate of drug-likeness (QED) is 0.439. The molecule has 2 rings (SSSR count). The summed E-state index contributed by atoms with van der Waals surface area (Å²) in [5.41, 5.74) is 0.133. The molecule has 1 aromatic carbocycles. The van der Waals surface area contributed by atoms with Gasteiger partial charge in [0.15, 0.2) is 27.9 Å². The zero-order valence-corrected chi connectivity index (χ0v) is 20.6. The van der Waals surface area contributed by atoms with Crippen LogP contribution in [0, 0.1) is 5.92 Å². The SMILES string of the molecule is CCCOc1c(Cl)cc(C(=O)OCC(=O)N(CC(C)C)C2CCS(=O)(=O)C2)cc1OCC. The zero-order chi connectivity index (χ0) is 23.9. The molecule has 1 atom stereocenters. The number of hydrogen-bond acceptors (Lipinski definition) is 7. The maximum absolute atomic E-state index is 12.8. The highest BCUT2D eigenvalue weighted by molar-refractivity contribution is 7.91. The van der Waals surface area contributed by atoms with Crippen LogP contribution in [0.15, 0.2) is 12.1 Å². The number of hydrogen-bond donors (Lipinski definition) is 0. The van der Waals surface area contributed by atoms with E-state index in [0.717, 1.165) is 6.42 Å². The number of carbonyl (C=O) groups is 2. The average Bonchev–Trinajstić information content (AvgIpc) is 3.08. The normalized spacial score (nSPS) is 17.2. The Balaban J connectivity index is 2.11. The van der Waals surface area contributed by atoms with Crippen LogP contribution in [0.1, 0.15) is 50.9 Å². The summed E-state index contributed by atoms with van der Waals surface area (Å²) in [6.45, 7) is 8.33. The van der Waals surface area contributed by atoms with Gasteiger partial charge < -0.3 is 19.1 Å². The molecule has 32 heavy (non-hydrogen) atoms. The maximum Gasteiger partial charge on any atom is 0.338 e. The predicted molar refractivity (Wildman–Crippen MR) is 122 cm³/mol. The lowest BCUT2D eigenvalue weighted by Gasteiger charge is -2.29. The smallest absolute Gasteiger partial charge is 0.338 e. The Bertz CT molecular complexity index is 917. The minimum Gasteiger partial charge on any atom is -0.490 e. The molecule has 0 aromatic heterocycles. The highest BCUT2D eigenvalue weighted by Crippen LogP contribution is 2.37. The Hall–Kier alpha value is -2.00. The van der Waals surface area contributed by atoms with Crippen molar-refractivity contribution >= 4 is 33.3 Å². The first-order valence-corrected chi connectivity index (χ1v) is 13.0. The Morgan fingerprint density at radius 3 is 2.50 bits per heavy atom. The molecule has 0 bridgehead atoms. The fraction of sp³-hybridized carbons (Fsp3) is 0.636. The fourth-order valence-electron chi connectivity index (χ4n) is 3.46. The van der Waals surface area contributed by atoms with E-state index >= 15 is 0 Å². The molecular weight excluding hydrogens is 458 g/mol. The lowest BCUT2D eigenvalue weighted by Crippen LogP contribution is -2.45. The van der Waals surface area contributed by atoms with E-state index in [9.17, 15) is 18.0 Å². The summed E-state index contributed by atoms with van der Waals surface area (Å²) in [7, 11) is -3.15. The first-order chi connectivity index (χ1) is 15.1. The highest BCUT2D eigenvalue weighted by Gasteiger charge is 2.35. The van der Waals surface area contributed by atoms with Crippen molar-refractivity contribution < 1.29 is 32.2 Å². The second-order valence-electron chi connectivity index (χ2n) is 8.14. The Morgan fingerprint density at radius 2 is 1.94 bits per heavy atom. The number of halogens is 1. The van der Waals surface area contributed by atoms with E-state index in [0.29, 0.717) is 37.7 Å². The van der Waals surface area contributed by atoms with E-state index in [2.05, 4.69) is 0 Å². The number of ether oxygens (including phenoxy) is 3.